The van der Waals surface area contributed by atoms with Crippen molar-refractivity contribution < 1.29 is 4.79 Å². The number of benzene rings is 1. The average Bonchev–Trinajstić information content (AvgIpc) is 3.05. The lowest BCUT2D eigenvalue weighted by Gasteiger charge is -2.14. The first kappa shape index (κ1) is 17.0. The number of imidazole rings is 1. The van der Waals surface area contributed by atoms with Gasteiger partial charge in [0, 0.05) is 5.69 Å². The van der Waals surface area contributed by atoms with E-state index in [0.29, 0.717) is 32.8 Å². The molecule has 2 aromatic heterocycles. The summed E-state index contributed by atoms with van der Waals surface area (Å²) in [7, 11) is 0. The standard InChI is InChI=1S/C15H13Cl2N5OS/c1-2-11(14(23)22-8-3-4-9(16)10(17)5-8)24-15-12-13(19-6-18-12)20-7-21-15/h3-7,11H,2H2,1H3,(H,22,23)(H,18,19,20,21). The molecule has 1 atom stereocenters. The molecule has 0 bridgehead atoms. The molecule has 0 aliphatic heterocycles. The van der Waals surface area contributed by atoms with Crippen molar-refractivity contribution in [3.05, 3.63) is 40.9 Å². The van der Waals surface area contributed by atoms with Crippen molar-refractivity contribution in [3.8, 4) is 0 Å². The number of thioether (sulfide) groups is 1. The Kier molecular flexibility index (Phi) is 5.23. The number of H-pyrrole nitrogens is 1. The lowest BCUT2D eigenvalue weighted by Crippen LogP contribution is -2.24. The molecule has 3 aromatic rings. The number of halogens is 2. The van der Waals surface area contributed by atoms with Gasteiger partial charge in [0.2, 0.25) is 5.91 Å². The van der Waals surface area contributed by atoms with Crippen LogP contribution >= 0.6 is 35.0 Å². The third-order valence-corrected chi connectivity index (χ3v) is 5.40. The van der Waals surface area contributed by atoms with Crippen LogP contribution in [0.25, 0.3) is 11.2 Å². The number of anilines is 1. The molecule has 0 saturated heterocycles. The Bertz CT molecular complexity index is 885. The number of hydrogen-bond acceptors (Lipinski definition) is 5. The molecule has 6 nitrogen and oxygen atoms in total. The van der Waals surface area contributed by atoms with E-state index < -0.39 is 0 Å². The van der Waals surface area contributed by atoms with E-state index >= 15 is 0 Å². The fourth-order valence-electron chi connectivity index (χ4n) is 2.09. The van der Waals surface area contributed by atoms with Crippen LogP contribution in [0.5, 0.6) is 0 Å². The lowest BCUT2D eigenvalue weighted by molar-refractivity contribution is -0.115. The minimum absolute atomic E-state index is 0.132. The van der Waals surface area contributed by atoms with Gasteiger partial charge in [0.15, 0.2) is 5.65 Å². The van der Waals surface area contributed by atoms with Crippen LogP contribution in [-0.4, -0.2) is 31.1 Å². The highest BCUT2D eigenvalue weighted by Gasteiger charge is 2.21. The second kappa shape index (κ2) is 7.38. The summed E-state index contributed by atoms with van der Waals surface area (Å²) in [6, 6.07) is 4.98. The van der Waals surface area contributed by atoms with Gasteiger partial charge in [-0.1, -0.05) is 41.9 Å². The van der Waals surface area contributed by atoms with Crippen LogP contribution in [0.2, 0.25) is 10.0 Å². The molecule has 24 heavy (non-hydrogen) atoms. The number of amides is 1. The van der Waals surface area contributed by atoms with Gasteiger partial charge in [0.05, 0.1) is 21.6 Å². The zero-order chi connectivity index (χ0) is 17.1. The molecule has 0 aliphatic rings. The number of fused-ring (bicyclic) bond motifs is 1. The molecule has 3 rings (SSSR count). The fourth-order valence-corrected chi connectivity index (χ4v) is 3.36. The molecule has 0 saturated carbocycles. The number of aromatic amines is 1. The molecule has 0 spiro atoms. The van der Waals surface area contributed by atoms with E-state index in [9.17, 15) is 4.79 Å². The molecule has 9 heteroatoms. The highest BCUT2D eigenvalue weighted by atomic mass is 35.5. The first-order valence-corrected chi connectivity index (χ1v) is 8.78. The van der Waals surface area contributed by atoms with Crippen LogP contribution in [0.15, 0.2) is 35.9 Å². The van der Waals surface area contributed by atoms with Crippen LogP contribution < -0.4 is 5.32 Å². The molecule has 2 heterocycles. The van der Waals surface area contributed by atoms with Crippen LogP contribution in [-0.2, 0) is 4.79 Å². The molecule has 0 fully saturated rings. The van der Waals surface area contributed by atoms with Crippen LogP contribution in [0.4, 0.5) is 5.69 Å². The Balaban J connectivity index is 1.76. The Labute approximate surface area is 152 Å². The lowest BCUT2D eigenvalue weighted by atomic mass is 10.2. The molecule has 1 aromatic carbocycles. The number of aromatic nitrogens is 4. The van der Waals surface area contributed by atoms with E-state index in [4.69, 9.17) is 23.2 Å². The Hall–Kier alpha value is -1.83. The third kappa shape index (κ3) is 3.63. The summed E-state index contributed by atoms with van der Waals surface area (Å²) in [5.74, 6) is -0.132. The predicted octanol–water partition coefficient (Wildman–Crippen LogP) is 4.17. The average molecular weight is 382 g/mol. The van der Waals surface area contributed by atoms with Gasteiger partial charge >= 0.3 is 0 Å². The summed E-state index contributed by atoms with van der Waals surface area (Å²) in [5.41, 5.74) is 1.90. The summed E-state index contributed by atoms with van der Waals surface area (Å²) in [4.78, 5) is 28.0. The van der Waals surface area contributed by atoms with E-state index in [1.54, 1.807) is 24.5 Å². The Morgan fingerprint density at radius 3 is 2.88 bits per heavy atom. The van der Waals surface area contributed by atoms with Crippen molar-refractivity contribution in [2.45, 2.75) is 23.6 Å². The molecule has 0 aliphatic carbocycles. The summed E-state index contributed by atoms with van der Waals surface area (Å²) >= 11 is 13.2. The summed E-state index contributed by atoms with van der Waals surface area (Å²) in [5, 5.41) is 4.06. The number of hydrogen-bond donors (Lipinski definition) is 2. The van der Waals surface area contributed by atoms with E-state index in [0.717, 1.165) is 5.52 Å². The molecule has 124 valence electrons. The van der Waals surface area contributed by atoms with Crippen LogP contribution in [0.1, 0.15) is 13.3 Å². The van der Waals surface area contributed by atoms with E-state index in [1.165, 1.54) is 18.1 Å². The largest absolute Gasteiger partial charge is 0.341 e. The fraction of sp³-hybridized carbons (Fsp3) is 0.200. The van der Waals surface area contributed by atoms with E-state index in [-0.39, 0.29) is 11.2 Å². The molecular weight excluding hydrogens is 369 g/mol. The second-order valence-electron chi connectivity index (χ2n) is 4.91. The molecule has 1 unspecified atom stereocenters. The highest BCUT2D eigenvalue weighted by Crippen LogP contribution is 2.30. The first-order valence-electron chi connectivity index (χ1n) is 7.15. The quantitative estimate of drug-likeness (QED) is 0.511. The smallest absolute Gasteiger partial charge is 0.237 e. The van der Waals surface area contributed by atoms with Gasteiger partial charge in [0.25, 0.3) is 0 Å². The van der Waals surface area contributed by atoms with Crippen LogP contribution in [0, 0.1) is 0 Å². The highest BCUT2D eigenvalue weighted by molar-refractivity contribution is 8.00. The SMILES string of the molecule is CCC(Sc1ncnc2nc[nH]c12)C(=O)Nc1ccc(Cl)c(Cl)c1. The Morgan fingerprint density at radius 2 is 2.12 bits per heavy atom. The monoisotopic (exact) mass is 381 g/mol. The van der Waals surface area contributed by atoms with Crippen LogP contribution in [0.3, 0.4) is 0 Å². The number of carbonyl (C=O) groups is 1. The van der Waals surface area contributed by atoms with Gasteiger partial charge in [-0.25, -0.2) is 15.0 Å². The van der Waals surface area contributed by atoms with E-state index in [2.05, 4.69) is 25.3 Å². The zero-order valence-corrected chi connectivity index (χ0v) is 14.9. The summed E-state index contributed by atoms with van der Waals surface area (Å²) in [6.45, 7) is 1.94. The first-order chi connectivity index (χ1) is 11.6. The maximum Gasteiger partial charge on any atom is 0.237 e. The van der Waals surface area contributed by atoms with Gasteiger partial charge in [-0.15, -0.1) is 0 Å². The number of nitrogens with one attached hydrogen (secondary N) is 2. The van der Waals surface area contributed by atoms with Crippen molar-refractivity contribution in [1.29, 1.82) is 0 Å². The minimum atomic E-state index is -0.319. The maximum absolute atomic E-state index is 12.5. The third-order valence-electron chi connectivity index (χ3n) is 3.29. The number of carbonyl (C=O) groups excluding carboxylic acids is 1. The van der Waals surface area contributed by atoms with Crippen molar-refractivity contribution >= 4 is 57.7 Å². The topological polar surface area (TPSA) is 83.6 Å². The van der Waals surface area contributed by atoms with Gasteiger partial charge in [-0.05, 0) is 24.6 Å². The van der Waals surface area contributed by atoms with Gasteiger partial charge in [0.1, 0.15) is 16.9 Å². The number of rotatable bonds is 5. The Morgan fingerprint density at radius 1 is 1.29 bits per heavy atom. The normalized spacial score (nSPS) is 12.3. The molecular formula is C15H13Cl2N5OS. The second-order valence-corrected chi connectivity index (χ2v) is 6.92. The van der Waals surface area contributed by atoms with Crippen molar-refractivity contribution in [3.63, 3.8) is 0 Å². The van der Waals surface area contributed by atoms with Gasteiger partial charge in [-0.3, -0.25) is 4.79 Å². The van der Waals surface area contributed by atoms with Crippen molar-refractivity contribution in [2.24, 2.45) is 0 Å². The summed E-state index contributed by atoms with van der Waals surface area (Å²) < 4.78 is 0. The molecule has 0 radical (unpaired) electrons. The maximum atomic E-state index is 12.5. The molecule has 1 amide bonds. The van der Waals surface area contributed by atoms with Gasteiger partial charge in [-0.2, -0.15) is 0 Å². The zero-order valence-electron chi connectivity index (χ0n) is 12.6. The van der Waals surface area contributed by atoms with Crippen molar-refractivity contribution in [1.82, 2.24) is 19.9 Å². The number of nitrogens with zero attached hydrogens (tertiary/aromatic N) is 3. The predicted molar refractivity (Wildman–Crippen MR) is 96.7 cm³/mol. The van der Waals surface area contributed by atoms with E-state index in [1.807, 2.05) is 6.92 Å². The molecule has 2 N–H and O–H groups in total. The van der Waals surface area contributed by atoms with Gasteiger partial charge < -0.3 is 10.3 Å². The summed E-state index contributed by atoms with van der Waals surface area (Å²) in [6.07, 6.45) is 3.63. The minimum Gasteiger partial charge on any atom is -0.341 e. The van der Waals surface area contributed by atoms with Crippen molar-refractivity contribution in [2.75, 3.05) is 5.32 Å².